The molecule has 1 heteroatoms. The first-order valence-electron chi connectivity index (χ1n) is 4.52. The van der Waals surface area contributed by atoms with Gasteiger partial charge in [0.1, 0.15) is 0 Å². The second-order valence-corrected chi connectivity index (χ2v) is 4.74. The summed E-state index contributed by atoms with van der Waals surface area (Å²) >= 11 is 1.99. The van der Waals surface area contributed by atoms with Gasteiger partial charge in [-0.1, -0.05) is 0 Å². The Balaban J connectivity index is 2.19. The largest absolute Gasteiger partial charge is 0.148 e. The van der Waals surface area contributed by atoms with Crippen molar-refractivity contribution in [1.29, 1.82) is 0 Å². The van der Waals surface area contributed by atoms with Gasteiger partial charge >= 0.3 is 0 Å². The summed E-state index contributed by atoms with van der Waals surface area (Å²) in [6, 6.07) is 2.36. The third-order valence-electron chi connectivity index (χ3n) is 3.26. The fraction of sp³-hybridized carbons (Fsp3) is 0.600. The van der Waals surface area contributed by atoms with Crippen molar-refractivity contribution in [3.8, 4) is 0 Å². The van der Waals surface area contributed by atoms with Crippen molar-refractivity contribution in [2.24, 2.45) is 0 Å². The zero-order chi connectivity index (χ0) is 7.26. The SMILES string of the molecule is c1cc2c(s1)C1CCC2CC1. The zero-order valence-electron chi connectivity index (χ0n) is 6.55. The highest BCUT2D eigenvalue weighted by Gasteiger charge is 2.33. The summed E-state index contributed by atoms with van der Waals surface area (Å²) in [6.07, 6.45) is 5.87. The molecule has 4 rings (SSSR count). The molecule has 1 heterocycles. The molecule has 1 aromatic heterocycles. The van der Waals surface area contributed by atoms with Gasteiger partial charge in [-0.15, -0.1) is 11.3 Å². The molecule has 58 valence electrons. The van der Waals surface area contributed by atoms with Crippen molar-refractivity contribution in [2.75, 3.05) is 0 Å². The molecule has 0 saturated heterocycles. The highest BCUT2D eigenvalue weighted by Crippen LogP contribution is 2.51. The van der Waals surface area contributed by atoms with Gasteiger partial charge in [0.2, 0.25) is 0 Å². The average Bonchev–Trinajstić information content (AvgIpc) is 2.55. The first kappa shape index (κ1) is 6.24. The Morgan fingerprint density at radius 3 is 2.55 bits per heavy atom. The Morgan fingerprint density at radius 2 is 1.82 bits per heavy atom. The molecule has 2 bridgehead atoms. The lowest BCUT2D eigenvalue weighted by atomic mass is 9.71. The van der Waals surface area contributed by atoms with Crippen LogP contribution in [0, 0.1) is 0 Å². The number of thiophene rings is 1. The number of hydrogen-bond acceptors (Lipinski definition) is 1. The van der Waals surface area contributed by atoms with Crippen LogP contribution in [-0.2, 0) is 0 Å². The molecule has 0 amide bonds. The first-order valence-corrected chi connectivity index (χ1v) is 5.40. The summed E-state index contributed by atoms with van der Waals surface area (Å²) in [5.74, 6) is 1.90. The molecule has 0 aromatic carbocycles. The topological polar surface area (TPSA) is 0 Å². The predicted molar refractivity (Wildman–Crippen MR) is 48.3 cm³/mol. The Bertz CT molecular complexity index is 240. The van der Waals surface area contributed by atoms with E-state index >= 15 is 0 Å². The summed E-state index contributed by atoms with van der Waals surface area (Å²) in [6.45, 7) is 0. The van der Waals surface area contributed by atoms with Crippen LogP contribution in [0.2, 0.25) is 0 Å². The molecule has 11 heavy (non-hydrogen) atoms. The lowest BCUT2D eigenvalue weighted by Gasteiger charge is -2.35. The molecular formula is C10H12S. The van der Waals surface area contributed by atoms with E-state index in [4.69, 9.17) is 0 Å². The molecule has 0 atom stereocenters. The maximum Gasteiger partial charge on any atom is 0.0111 e. The van der Waals surface area contributed by atoms with Crippen LogP contribution in [0.4, 0.5) is 0 Å². The van der Waals surface area contributed by atoms with E-state index in [-0.39, 0.29) is 0 Å². The molecule has 0 spiro atoms. The summed E-state index contributed by atoms with van der Waals surface area (Å²) in [4.78, 5) is 1.73. The van der Waals surface area contributed by atoms with Crippen LogP contribution in [0.25, 0.3) is 0 Å². The molecule has 3 aliphatic carbocycles. The maximum absolute atomic E-state index is 2.36. The number of fused-ring (bicyclic) bond motifs is 2. The number of rotatable bonds is 0. The van der Waals surface area contributed by atoms with E-state index in [2.05, 4.69) is 11.4 Å². The Kier molecular flexibility index (Phi) is 1.19. The third-order valence-corrected chi connectivity index (χ3v) is 4.36. The predicted octanol–water partition coefficient (Wildman–Crippen LogP) is 3.50. The molecule has 0 nitrogen and oxygen atoms in total. The van der Waals surface area contributed by atoms with E-state index in [1.54, 1.807) is 10.4 Å². The van der Waals surface area contributed by atoms with Crippen LogP contribution in [0.1, 0.15) is 48.0 Å². The van der Waals surface area contributed by atoms with Crippen molar-refractivity contribution >= 4 is 11.3 Å². The van der Waals surface area contributed by atoms with Gasteiger partial charge in [-0.05, 0) is 54.5 Å². The second-order valence-electron chi connectivity index (χ2n) is 3.79. The van der Waals surface area contributed by atoms with Gasteiger partial charge in [-0.25, -0.2) is 0 Å². The molecule has 1 saturated carbocycles. The van der Waals surface area contributed by atoms with Crippen LogP contribution in [0.5, 0.6) is 0 Å². The van der Waals surface area contributed by atoms with Gasteiger partial charge in [0.15, 0.2) is 0 Å². The van der Waals surface area contributed by atoms with E-state index in [0.29, 0.717) is 0 Å². The molecule has 1 aromatic rings. The molecule has 0 N–H and O–H groups in total. The third kappa shape index (κ3) is 0.750. The lowest BCUT2D eigenvalue weighted by Crippen LogP contribution is -2.19. The summed E-state index contributed by atoms with van der Waals surface area (Å²) in [7, 11) is 0. The fourth-order valence-electron chi connectivity index (χ4n) is 2.67. The van der Waals surface area contributed by atoms with E-state index in [0.717, 1.165) is 11.8 Å². The minimum absolute atomic E-state index is 0.946. The molecule has 1 fully saturated rings. The van der Waals surface area contributed by atoms with Crippen molar-refractivity contribution in [3.05, 3.63) is 21.9 Å². The summed E-state index contributed by atoms with van der Waals surface area (Å²) in [5.41, 5.74) is 1.71. The average molecular weight is 164 g/mol. The van der Waals surface area contributed by atoms with Gasteiger partial charge in [0, 0.05) is 4.88 Å². The molecule has 0 unspecified atom stereocenters. The lowest BCUT2D eigenvalue weighted by molar-refractivity contribution is 0.365. The van der Waals surface area contributed by atoms with Crippen molar-refractivity contribution in [1.82, 2.24) is 0 Å². The Morgan fingerprint density at radius 1 is 1.09 bits per heavy atom. The van der Waals surface area contributed by atoms with Crippen LogP contribution in [0.3, 0.4) is 0 Å². The standard InChI is InChI=1S/C10H12S/c1-3-8-4-2-7(1)9-5-6-11-10(8)9/h5-8H,1-4H2. The minimum Gasteiger partial charge on any atom is -0.148 e. The normalized spacial score (nSPS) is 33.8. The highest BCUT2D eigenvalue weighted by molar-refractivity contribution is 7.10. The van der Waals surface area contributed by atoms with Crippen LogP contribution in [0.15, 0.2) is 11.4 Å². The summed E-state index contributed by atoms with van der Waals surface area (Å²) < 4.78 is 0. The van der Waals surface area contributed by atoms with Crippen LogP contribution >= 0.6 is 11.3 Å². The van der Waals surface area contributed by atoms with Crippen molar-refractivity contribution in [3.63, 3.8) is 0 Å². The van der Waals surface area contributed by atoms with E-state index < -0.39 is 0 Å². The van der Waals surface area contributed by atoms with Crippen LogP contribution < -0.4 is 0 Å². The van der Waals surface area contributed by atoms with E-state index in [1.165, 1.54) is 25.7 Å². The van der Waals surface area contributed by atoms with Gasteiger partial charge in [0.05, 0.1) is 0 Å². The fourth-order valence-corrected chi connectivity index (χ4v) is 3.83. The summed E-state index contributed by atoms with van der Waals surface area (Å²) in [5, 5.41) is 2.28. The number of hydrogen-bond donors (Lipinski definition) is 0. The smallest absolute Gasteiger partial charge is 0.0111 e. The molecule has 0 aliphatic heterocycles. The van der Waals surface area contributed by atoms with E-state index in [1.807, 2.05) is 11.3 Å². The van der Waals surface area contributed by atoms with Crippen molar-refractivity contribution < 1.29 is 0 Å². The van der Waals surface area contributed by atoms with E-state index in [9.17, 15) is 0 Å². The second kappa shape index (κ2) is 2.10. The van der Waals surface area contributed by atoms with Crippen LogP contribution in [-0.4, -0.2) is 0 Å². The van der Waals surface area contributed by atoms with Gasteiger partial charge in [-0.2, -0.15) is 0 Å². The maximum atomic E-state index is 2.36. The Labute approximate surface area is 71.2 Å². The zero-order valence-corrected chi connectivity index (χ0v) is 7.36. The molecular weight excluding hydrogens is 152 g/mol. The quantitative estimate of drug-likeness (QED) is 0.550. The Hall–Kier alpha value is -0.300. The first-order chi connectivity index (χ1) is 5.45. The van der Waals surface area contributed by atoms with Gasteiger partial charge in [0.25, 0.3) is 0 Å². The minimum atomic E-state index is 0.946. The van der Waals surface area contributed by atoms with Gasteiger partial charge in [-0.3, -0.25) is 0 Å². The molecule has 3 aliphatic rings. The van der Waals surface area contributed by atoms with Crippen molar-refractivity contribution in [2.45, 2.75) is 37.5 Å². The van der Waals surface area contributed by atoms with Gasteiger partial charge < -0.3 is 0 Å². The highest BCUT2D eigenvalue weighted by atomic mass is 32.1. The molecule has 0 radical (unpaired) electrons. The monoisotopic (exact) mass is 164 g/mol.